The zero-order valence-electron chi connectivity index (χ0n) is 19.8. The number of pyridine rings is 1. The Morgan fingerprint density at radius 1 is 1.06 bits per heavy atom. The lowest BCUT2D eigenvalue weighted by molar-refractivity contribution is 0.120. The molecule has 0 bridgehead atoms. The van der Waals surface area contributed by atoms with Crippen molar-refractivity contribution in [1.29, 1.82) is 0 Å². The van der Waals surface area contributed by atoms with Crippen LogP contribution in [0.5, 0.6) is 23.0 Å². The number of nitrogens with zero attached hydrogens (tertiary/aromatic N) is 4. The number of carboxylic acid groups (broad SMARTS) is 1. The van der Waals surface area contributed by atoms with Crippen molar-refractivity contribution in [3.8, 4) is 34.3 Å². The average molecular weight is 493 g/mol. The smallest absolute Gasteiger partial charge is 0.407 e. The summed E-state index contributed by atoms with van der Waals surface area (Å²) in [6.45, 7) is 0.849. The molecule has 0 saturated carbocycles. The van der Waals surface area contributed by atoms with Crippen LogP contribution in [0.3, 0.4) is 0 Å². The molecule has 0 aliphatic carbocycles. The number of methoxy groups -OCH3 is 2. The number of hydrogen-bond donors (Lipinski definition) is 1. The van der Waals surface area contributed by atoms with Crippen LogP contribution in [0.15, 0.2) is 54.9 Å². The first kappa shape index (κ1) is 23.4. The molecule has 4 aromatic rings. The second kappa shape index (κ2) is 9.73. The molecule has 2 aromatic carbocycles. The summed E-state index contributed by atoms with van der Waals surface area (Å²) < 4.78 is 32.7. The van der Waals surface area contributed by atoms with Crippen molar-refractivity contribution >= 4 is 17.0 Å². The number of halogens is 1. The van der Waals surface area contributed by atoms with Gasteiger partial charge in [0.1, 0.15) is 17.0 Å². The lowest BCUT2D eigenvalue weighted by Gasteiger charge is -2.31. The van der Waals surface area contributed by atoms with E-state index < -0.39 is 11.9 Å². The van der Waals surface area contributed by atoms with Gasteiger partial charge in [0, 0.05) is 24.8 Å². The molecule has 1 fully saturated rings. The summed E-state index contributed by atoms with van der Waals surface area (Å²) in [6, 6.07) is 11.7. The average Bonchev–Trinajstić information content (AvgIpc) is 3.30. The number of piperidine rings is 1. The molecule has 186 valence electrons. The van der Waals surface area contributed by atoms with Gasteiger partial charge in [-0.1, -0.05) is 6.07 Å². The van der Waals surface area contributed by atoms with E-state index in [0.717, 1.165) is 29.3 Å². The molecule has 10 heteroatoms. The van der Waals surface area contributed by atoms with Crippen LogP contribution < -0.4 is 14.2 Å². The predicted molar refractivity (Wildman–Crippen MR) is 130 cm³/mol. The Balaban J connectivity index is 1.51. The van der Waals surface area contributed by atoms with Crippen LogP contribution >= 0.6 is 0 Å². The summed E-state index contributed by atoms with van der Waals surface area (Å²) in [6.07, 6.45) is 3.96. The first-order chi connectivity index (χ1) is 17.5. The van der Waals surface area contributed by atoms with Crippen molar-refractivity contribution in [3.63, 3.8) is 0 Å². The highest BCUT2D eigenvalue weighted by molar-refractivity contribution is 5.96. The number of hydrogen-bond acceptors (Lipinski definition) is 6. The summed E-state index contributed by atoms with van der Waals surface area (Å²) in [4.78, 5) is 17.3. The minimum atomic E-state index is -0.937. The molecular formula is C26H25FN4O5. The number of likely N-dealkylation sites (tertiary alicyclic amines) is 1. The van der Waals surface area contributed by atoms with Crippen molar-refractivity contribution in [2.24, 2.45) is 0 Å². The van der Waals surface area contributed by atoms with Crippen LogP contribution in [-0.4, -0.2) is 58.2 Å². The van der Waals surface area contributed by atoms with Crippen molar-refractivity contribution < 1.29 is 28.5 Å². The maximum absolute atomic E-state index is 14.5. The second-order valence-electron chi connectivity index (χ2n) is 8.45. The lowest BCUT2D eigenvalue weighted by atomic mass is 10.1. The Labute approximate surface area is 206 Å². The van der Waals surface area contributed by atoms with E-state index in [0.29, 0.717) is 30.3 Å². The Bertz CT molecular complexity index is 1410. The number of carbonyl (C=O) groups is 1. The van der Waals surface area contributed by atoms with Crippen molar-refractivity contribution in [2.75, 3.05) is 27.3 Å². The van der Waals surface area contributed by atoms with E-state index in [1.807, 2.05) is 16.8 Å². The molecule has 1 aliphatic rings. The number of rotatable bonds is 6. The largest absolute Gasteiger partial charge is 0.494 e. The lowest BCUT2D eigenvalue weighted by Crippen LogP contribution is -2.40. The summed E-state index contributed by atoms with van der Waals surface area (Å²) in [5.41, 5.74) is 2.25. The van der Waals surface area contributed by atoms with Gasteiger partial charge in [-0.2, -0.15) is 9.49 Å². The van der Waals surface area contributed by atoms with Gasteiger partial charge >= 0.3 is 6.09 Å². The highest BCUT2D eigenvalue weighted by Crippen LogP contribution is 2.37. The maximum atomic E-state index is 14.5. The third kappa shape index (κ3) is 4.26. The van der Waals surface area contributed by atoms with Crippen molar-refractivity contribution in [1.82, 2.24) is 19.7 Å². The molecule has 1 amide bonds. The molecule has 1 N–H and O–H groups in total. The van der Waals surface area contributed by atoms with Crippen molar-refractivity contribution in [3.05, 3.63) is 60.7 Å². The first-order valence-electron chi connectivity index (χ1n) is 11.5. The summed E-state index contributed by atoms with van der Waals surface area (Å²) >= 11 is 0. The van der Waals surface area contributed by atoms with E-state index in [2.05, 4.69) is 4.98 Å². The molecular weight excluding hydrogens is 467 g/mol. The number of aromatic nitrogens is 3. The molecule has 0 radical (unpaired) electrons. The highest BCUT2D eigenvalue weighted by Gasteiger charge is 2.28. The van der Waals surface area contributed by atoms with Gasteiger partial charge < -0.3 is 24.2 Å². The molecule has 1 aliphatic heterocycles. The van der Waals surface area contributed by atoms with E-state index >= 15 is 0 Å². The number of amides is 1. The van der Waals surface area contributed by atoms with Gasteiger partial charge in [-0.25, -0.2) is 4.79 Å². The fourth-order valence-corrected chi connectivity index (χ4v) is 4.55. The van der Waals surface area contributed by atoms with E-state index in [1.165, 1.54) is 24.1 Å². The first-order valence-corrected chi connectivity index (χ1v) is 11.5. The van der Waals surface area contributed by atoms with Crippen LogP contribution in [-0.2, 0) is 0 Å². The zero-order chi connectivity index (χ0) is 25.2. The summed E-state index contributed by atoms with van der Waals surface area (Å²) in [5.74, 6) is 0.606. The van der Waals surface area contributed by atoms with Gasteiger partial charge in [-0.05, 0) is 49.2 Å². The van der Waals surface area contributed by atoms with Gasteiger partial charge in [0.05, 0.1) is 31.8 Å². The molecule has 1 unspecified atom stereocenters. The predicted octanol–water partition coefficient (Wildman–Crippen LogP) is 5.36. The molecule has 1 saturated heterocycles. The number of benzene rings is 2. The Morgan fingerprint density at radius 3 is 2.53 bits per heavy atom. The molecule has 5 rings (SSSR count). The molecule has 1 atom stereocenters. The van der Waals surface area contributed by atoms with Gasteiger partial charge in [-0.3, -0.25) is 9.67 Å². The fourth-order valence-electron chi connectivity index (χ4n) is 4.55. The van der Waals surface area contributed by atoms with Crippen LogP contribution in [0, 0.1) is 5.82 Å². The standard InChI is InChI=1S/C26H25FN4O5/c1-34-20-6-3-7-21(23(20)27)36-18-10-8-16(9-11-18)24-19-13-28-14-22(35-2)25(19)31(29-24)17-5-4-12-30(15-17)26(32)33/h3,6-11,13-14,17H,4-5,12,15H2,1-2H3,(H,32,33). The van der Waals surface area contributed by atoms with Crippen molar-refractivity contribution in [2.45, 2.75) is 18.9 Å². The third-order valence-corrected chi connectivity index (χ3v) is 6.31. The van der Waals surface area contributed by atoms with Crippen LogP contribution in [0.25, 0.3) is 22.2 Å². The third-order valence-electron chi connectivity index (χ3n) is 6.31. The monoisotopic (exact) mass is 492 g/mol. The fraction of sp³-hybridized carbons (Fsp3) is 0.269. The quantitative estimate of drug-likeness (QED) is 0.387. The molecule has 9 nitrogen and oxygen atoms in total. The zero-order valence-corrected chi connectivity index (χ0v) is 19.8. The Kier molecular flexibility index (Phi) is 6.32. The highest BCUT2D eigenvalue weighted by atomic mass is 19.1. The summed E-state index contributed by atoms with van der Waals surface area (Å²) in [5, 5.41) is 15.2. The summed E-state index contributed by atoms with van der Waals surface area (Å²) in [7, 11) is 2.97. The van der Waals surface area contributed by atoms with E-state index in [9.17, 15) is 14.3 Å². The van der Waals surface area contributed by atoms with Gasteiger partial charge in [0.15, 0.2) is 17.2 Å². The minimum Gasteiger partial charge on any atom is -0.494 e. The second-order valence-corrected chi connectivity index (χ2v) is 8.45. The molecule has 3 heterocycles. The topological polar surface area (TPSA) is 98.9 Å². The van der Waals surface area contributed by atoms with E-state index in [4.69, 9.17) is 19.3 Å². The van der Waals surface area contributed by atoms with Gasteiger partial charge in [-0.15, -0.1) is 0 Å². The van der Waals surface area contributed by atoms with Crippen LogP contribution in [0.1, 0.15) is 18.9 Å². The van der Waals surface area contributed by atoms with Gasteiger partial charge in [0.25, 0.3) is 0 Å². The molecule has 0 spiro atoms. The Hall–Kier alpha value is -4.34. The molecule has 2 aromatic heterocycles. The minimum absolute atomic E-state index is 0.0612. The number of fused-ring (bicyclic) bond motifs is 1. The Morgan fingerprint density at radius 2 is 1.81 bits per heavy atom. The number of ether oxygens (including phenoxy) is 3. The maximum Gasteiger partial charge on any atom is 0.407 e. The normalized spacial score (nSPS) is 15.6. The van der Waals surface area contributed by atoms with E-state index in [-0.39, 0.29) is 17.5 Å². The van der Waals surface area contributed by atoms with Crippen LogP contribution in [0.4, 0.5) is 9.18 Å². The SMILES string of the molecule is COc1cccc(Oc2ccc(-c3nn(C4CCCN(C(=O)O)C4)c4c(OC)cncc34)cc2)c1F. The van der Waals surface area contributed by atoms with Crippen LogP contribution in [0.2, 0.25) is 0 Å². The molecule has 36 heavy (non-hydrogen) atoms. The van der Waals surface area contributed by atoms with E-state index in [1.54, 1.807) is 37.7 Å². The van der Waals surface area contributed by atoms with Gasteiger partial charge in [0.2, 0.25) is 5.82 Å².